The molecule has 0 radical (unpaired) electrons. The van der Waals surface area contributed by atoms with E-state index in [0.29, 0.717) is 0 Å². The standard InChI is InChI=1S/C3H4BF3N3/c5-4(6,7)1-10-3-8-2-9-10/h2-3H,1H2/q-1. The molecule has 0 aliphatic rings. The SMILES string of the molecule is F[B-](F)(F)Cn1cncn1. The first-order valence-corrected chi connectivity index (χ1v) is 2.61. The molecule has 0 saturated carbocycles. The third-order valence-corrected chi connectivity index (χ3v) is 0.861. The lowest BCUT2D eigenvalue weighted by Gasteiger charge is -2.11. The normalized spacial score (nSPS) is 11.9. The van der Waals surface area contributed by atoms with E-state index in [1.807, 2.05) is 0 Å². The zero-order valence-corrected chi connectivity index (χ0v) is 4.91. The van der Waals surface area contributed by atoms with Crippen LogP contribution in [-0.4, -0.2) is 21.7 Å². The molecule has 10 heavy (non-hydrogen) atoms. The van der Waals surface area contributed by atoms with E-state index >= 15 is 0 Å². The highest BCUT2D eigenvalue weighted by Gasteiger charge is 2.23. The van der Waals surface area contributed by atoms with Gasteiger partial charge in [0.1, 0.15) is 12.7 Å². The maximum Gasteiger partial charge on any atom is 0.499 e. The van der Waals surface area contributed by atoms with Crippen molar-refractivity contribution in [1.29, 1.82) is 0 Å². The minimum atomic E-state index is -4.79. The van der Waals surface area contributed by atoms with Gasteiger partial charge in [0, 0.05) is 6.44 Å². The Hall–Kier alpha value is -1.01. The fourth-order valence-corrected chi connectivity index (χ4v) is 0.539. The molecule has 0 saturated heterocycles. The second-order valence-electron chi connectivity index (χ2n) is 1.83. The van der Waals surface area contributed by atoms with Gasteiger partial charge >= 0.3 is 6.98 Å². The highest BCUT2D eigenvalue weighted by atomic mass is 19.4. The van der Waals surface area contributed by atoms with E-state index in [4.69, 9.17) is 0 Å². The summed E-state index contributed by atoms with van der Waals surface area (Å²) in [5, 5.41) is 3.30. The second kappa shape index (κ2) is 2.32. The fourth-order valence-electron chi connectivity index (χ4n) is 0.539. The topological polar surface area (TPSA) is 30.7 Å². The molecular weight excluding hydrogens is 146 g/mol. The van der Waals surface area contributed by atoms with Crippen molar-refractivity contribution in [3.63, 3.8) is 0 Å². The first kappa shape index (κ1) is 7.11. The molecule has 56 valence electrons. The monoisotopic (exact) mass is 150 g/mol. The molecule has 0 aliphatic heterocycles. The average Bonchev–Trinajstić information content (AvgIpc) is 2.12. The van der Waals surface area contributed by atoms with Gasteiger partial charge in [0.2, 0.25) is 0 Å². The molecule has 1 aromatic rings. The summed E-state index contributed by atoms with van der Waals surface area (Å²) in [5.41, 5.74) is 0. The van der Waals surface area contributed by atoms with E-state index in [9.17, 15) is 12.9 Å². The molecule has 0 amide bonds. The van der Waals surface area contributed by atoms with E-state index in [-0.39, 0.29) is 0 Å². The quantitative estimate of drug-likeness (QED) is 0.579. The van der Waals surface area contributed by atoms with Crippen LogP contribution in [0, 0.1) is 0 Å². The van der Waals surface area contributed by atoms with Crippen LogP contribution in [0.4, 0.5) is 12.9 Å². The summed E-state index contributed by atoms with van der Waals surface area (Å²) in [6.45, 7) is -4.79. The van der Waals surface area contributed by atoms with E-state index in [1.165, 1.54) is 0 Å². The first-order valence-electron chi connectivity index (χ1n) is 2.61. The minimum Gasteiger partial charge on any atom is -0.448 e. The molecule has 0 N–H and O–H groups in total. The smallest absolute Gasteiger partial charge is 0.448 e. The lowest BCUT2D eigenvalue weighted by atomic mass is 9.93. The van der Waals surface area contributed by atoms with Crippen LogP contribution in [0.1, 0.15) is 0 Å². The Morgan fingerprint density at radius 2 is 2.10 bits per heavy atom. The molecule has 1 heterocycles. The van der Waals surface area contributed by atoms with Crippen molar-refractivity contribution in [3.05, 3.63) is 12.7 Å². The van der Waals surface area contributed by atoms with Crippen molar-refractivity contribution in [2.24, 2.45) is 0 Å². The van der Waals surface area contributed by atoms with Gasteiger partial charge in [-0.2, -0.15) is 5.10 Å². The number of nitrogens with zero attached hydrogens (tertiary/aromatic N) is 3. The largest absolute Gasteiger partial charge is 0.499 e. The van der Waals surface area contributed by atoms with E-state index in [1.54, 1.807) is 0 Å². The molecule has 3 nitrogen and oxygen atoms in total. The maximum atomic E-state index is 11.6. The third kappa shape index (κ3) is 2.08. The Kier molecular flexibility index (Phi) is 1.65. The first-order chi connectivity index (χ1) is 4.58. The second-order valence-corrected chi connectivity index (χ2v) is 1.83. The van der Waals surface area contributed by atoms with Gasteiger partial charge in [-0.15, -0.1) is 0 Å². The zero-order valence-electron chi connectivity index (χ0n) is 4.91. The molecule has 0 aromatic carbocycles. The van der Waals surface area contributed by atoms with Crippen LogP contribution >= 0.6 is 0 Å². The third-order valence-electron chi connectivity index (χ3n) is 0.861. The van der Waals surface area contributed by atoms with E-state index in [0.717, 1.165) is 17.3 Å². The van der Waals surface area contributed by atoms with Crippen LogP contribution in [-0.2, 0) is 6.44 Å². The van der Waals surface area contributed by atoms with Crippen LogP contribution in [0.2, 0.25) is 0 Å². The Morgan fingerprint density at radius 3 is 2.50 bits per heavy atom. The molecule has 1 rings (SSSR count). The van der Waals surface area contributed by atoms with Crippen LogP contribution in [0.3, 0.4) is 0 Å². The number of hydrogen-bond donors (Lipinski definition) is 0. The van der Waals surface area contributed by atoms with Gasteiger partial charge < -0.3 is 12.9 Å². The van der Waals surface area contributed by atoms with Crippen molar-refractivity contribution in [1.82, 2.24) is 14.8 Å². The van der Waals surface area contributed by atoms with Crippen LogP contribution < -0.4 is 0 Å². The molecular formula is C3H4BF3N3-. The van der Waals surface area contributed by atoms with Gasteiger partial charge in [-0.05, 0) is 0 Å². The van der Waals surface area contributed by atoms with Crippen molar-refractivity contribution in [2.45, 2.75) is 6.44 Å². The fraction of sp³-hybridized carbons (Fsp3) is 0.333. The maximum absolute atomic E-state index is 11.6. The van der Waals surface area contributed by atoms with Crippen molar-refractivity contribution >= 4 is 6.98 Å². The van der Waals surface area contributed by atoms with Gasteiger partial charge in [0.15, 0.2) is 0 Å². The van der Waals surface area contributed by atoms with Gasteiger partial charge in [0.25, 0.3) is 0 Å². The molecule has 0 bridgehead atoms. The summed E-state index contributed by atoms with van der Waals surface area (Å²) >= 11 is 0. The predicted molar refractivity (Wildman–Crippen MR) is 29.1 cm³/mol. The zero-order chi connectivity index (χ0) is 7.61. The van der Waals surface area contributed by atoms with Crippen molar-refractivity contribution in [3.8, 4) is 0 Å². The molecule has 0 aliphatic carbocycles. The average molecular weight is 150 g/mol. The molecule has 1 aromatic heterocycles. The van der Waals surface area contributed by atoms with Gasteiger partial charge in [-0.25, -0.2) is 4.98 Å². The minimum absolute atomic E-state index is 0.750. The summed E-state index contributed by atoms with van der Waals surface area (Å²) in [6, 6.07) is 0. The van der Waals surface area contributed by atoms with Crippen LogP contribution in [0.5, 0.6) is 0 Å². The molecule has 0 unspecified atom stereocenters. The van der Waals surface area contributed by atoms with Crippen molar-refractivity contribution < 1.29 is 12.9 Å². The van der Waals surface area contributed by atoms with Gasteiger partial charge in [-0.1, -0.05) is 0 Å². The Morgan fingerprint density at radius 1 is 1.40 bits per heavy atom. The van der Waals surface area contributed by atoms with Gasteiger partial charge in [-0.3, -0.25) is 4.68 Å². The Bertz CT molecular complexity index is 193. The van der Waals surface area contributed by atoms with E-state index < -0.39 is 13.4 Å². The predicted octanol–water partition coefficient (Wildman–Crippen LogP) is 0.665. The molecule has 0 atom stereocenters. The molecule has 0 spiro atoms. The Labute approximate surface area is 54.9 Å². The number of hydrogen-bond acceptors (Lipinski definition) is 2. The molecule has 7 heteroatoms. The Balaban J connectivity index is 2.57. The summed E-state index contributed by atoms with van der Waals surface area (Å²) in [5.74, 6) is 0. The highest BCUT2D eigenvalue weighted by Crippen LogP contribution is 2.09. The van der Waals surface area contributed by atoms with Gasteiger partial charge in [0.05, 0.1) is 0 Å². The summed E-state index contributed by atoms with van der Waals surface area (Å²) in [4.78, 5) is 3.37. The number of aromatic nitrogens is 3. The number of rotatable bonds is 2. The van der Waals surface area contributed by atoms with Crippen LogP contribution in [0.25, 0.3) is 0 Å². The van der Waals surface area contributed by atoms with E-state index in [2.05, 4.69) is 10.1 Å². The molecule has 0 fully saturated rings. The lowest BCUT2D eigenvalue weighted by Crippen LogP contribution is -2.24. The summed E-state index contributed by atoms with van der Waals surface area (Å²) in [6.07, 6.45) is 1.09. The van der Waals surface area contributed by atoms with Crippen LogP contribution in [0.15, 0.2) is 12.7 Å². The van der Waals surface area contributed by atoms with Crippen molar-refractivity contribution in [2.75, 3.05) is 0 Å². The number of halogens is 3. The highest BCUT2D eigenvalue weighted by molar-refractivity contribution is 6.57. The lowest BCUT2D eigenvalue weighted by molar-refractivity contribution is 0.435. The summed E-state index contributed by atoms with van der Waals surface area (Å²) < 4.78 is 35.5. The summed E-state index contributed by atoms with van der Waals surface area (Å²) in [7, 11) is 0.